The molecule has 0 spiro atoms. The predicted molar refractivity (Wildman–Crippen MR) is 109 cm³/mol. The molecule has 0 atom stereocenters. The Balaban J connectivity index is 1.71. The Morgan fingerprint density at radius 2 is 1.48 bits per heavy atom. The number of halogens is 2. The molecular weight excluding hydrogens is 374 g/mol. The highest BCUT2D eigenvalue weighted by atomic mass is 19.2. The highest BCUT2D eigenvalue weighted by Gasteiger charge is 2.16. The van der Waals surface area contributed by atoms with Gasteiger partial charge in [-0.1, -0.05) is 30.3 Å². The van der Waals surface area contributed by atoms with Crippen LogP contribution in [0.4, 0.5) is 8.78 Å². The first-order chi connectivity index (χ1) is 14.0. The van der Waals surface area contributed by atoms with E-state index in [9.17, 15) is 18.4 Å². The summed E-state index contributed by atoms with van der Waals surface area (Å²) in [5.41, 5.74) is 1.76. The van der Waals surface area contributed by atoms with Crippen LogP contribution >= 0.6 is 0 Å². The average Bonchev–Trinajstić information content (AvgIpc) is 2.73. The molecule has 3 aromatic carbocycles. The highest BCUT2D eigenvalue weighted by molar-refractivity contribution is 5.94. The van der Waals surface area contributed by atoms with E-state index in [0.29, 0.717) is 27.4 Å². The molecule has 0 N–H and O–H groups in total. The van der Waals surface area contributed by atoms with Gasteiger partial charge in [0.15, 0.2) is 17.1 Å². The maximum atomic E-state index is 13.5. The van der Waals surface area contributed by atoms with E-state index in [2.05, 4.69) is 0 Å². The third-order valence-corrected chi connectivity index (χ3v) is 5.00. The van der Waals surface area contributed by atoms with Crippen molar-refractivity contribution >= 4 is 27.7 Å². The Labute approximate surface area is 165 Å². The molecular formula is C23H18F2N2O2. The van der Waals surface area contributed by atoms with Gasteiger partial charge in [0.05, 0.1) is 11.0 Å². The summed E-state index contributed by atoms with van der Waals surface area (Å²) in [7, 11) is 1.61. The summed E-state index contributed by atoms with van der Waals surface area (Å²) in [6.07, 6.45) is 0. The van der Waals surface area contributed by atoms with Gasteiger partial charge in [-0.3, -0.25) is 9.59 Å². The number of hydrogen-bond acceptors (Lipinski definition) is 2. The predicted octanol–water partition coefficient (Wildman–Crippen LogP) is 4.09. The molecule has 0 aliphatic carbocycles. The van der Waals surface area contributed by atoms with Crippen molar-refractivity contribution in [3.63, 3.8) is 0 Å². The van der Waals surface area contributed by atoms with Crippen LogP contribution in [0.5, 0.6) is 0 Å². The zero-order valence-corrected chi connectivity index (χ0v) is 15.7. The summed E-state index contributed by atoms with van der Waals surface area (Å²) in [6, 6.07) is 17.9. The lowest BCUT2D eigenvalue weighted by Gasteiger charge is -2.20. The average molecular weight is 392 g/mol. The van der Waals surface area contributed by atoms with Crippen LogP contribution in [0.1, 0.15) is 5.56 Å². The van der Waals surface area contributed by atoms with Crippen molar-refractivity contribution < 1.29 is 13.6 Å². The lowest BCUT2D eigenvalue weighted by atomic mass is 10.1. The van der Waals surface area contributed by atoms with Crippen LogP contribution < -0.4 is 5.43 Å². The van der Waals surface area contributed by atoms with Crippen molar-refractivity contribution in [2.24, 2.45) is 0 Å². The number of rotatable bonds is 4. The van der Waals surface area contributed by atoms with Gasteiger partial charge in [0.2, 0.25) is 5.91 Å². The SMILES string of the molecule is CN(Cc1ccc(F)c(F)c1)C(=O)Cn1c2ccccc2c(=O)c2ccccc21. The summed E-state index contributed by atoms with van der Waals surface area (Å²) in [5.74, 6) is -2.08. The minimum absolute atomic E-state index is 0.0154. The quantitative estimate of drug-likeness (QED) is 0.491. The molecule has 0 saturated carbocycles. The fraction of sp³-hybridized carbons (Fsp3) is 0.130. The lowest BCUT2D eigenvalue weighted by Crippen LogP contribution is -2.30. The minimum Gasteiger partial charge on any atom is -0.340 e. The van der Waals surface area contributed by atoms with E-state index in [0.717, 1.165) is 12.1 Å². The van der Waals surface area contributed by atoms with Crippen molar-refractivity contribution in [3.8, 4) is 0 Å². The molecule has 0 unspecified atom stereocenters. The molecule has 0 radical (unpaired) electrons. The highest BCUT2D eigenvalue weighted by Crippen LogP contribution is 2.19. The molecule has 4 aromatic rings. The zero-order valence-electron chi connectivity index (χ0n) is 15.7. The molecule has 1 heterocycles. The zero-order chi connectivity index (χ0) is 20.5. The number of amides is 1. The first-order valence-corrected chi connectivity index (χ1v) is 9.14. The van der Waals surface area contributed by atoms with Crippen molar-refractivity contribution in [1.82, 2.24) is 9.47 Å². The number of nitrogens with zero attached hydrogens (tertiary/aromatic N) is 2. The van der Waals surface area contributed by atoms with Crippen LogP contribution in [0.2, 0.25) is 0 Å². The second-order valence-electron chi connectivity index (χ2n) is 6.95. The van der Waals surface area contributed by atoms with Gasteiger partial charge < -0.3 is 9.47 Å². The van der Waals surface area contributed by atoms with Gasteiger partial charge in [0.1, 0.15) is 6.54 Å². The molecule has 0 saturated heterocycles. The Morgan fingerprint density at radius 3 is 2.07 bits per heavy atom. The van der Waals surface area contributed by atoms with E-state index in [4.69, 9.17) is 0 Å². The second-order valence-corrected chi connectivity index (χ2v) is 6.95. The Morgan fingerprint density at radius 1 is 0.897 bits per heavy atom. The van der Waals surface area contributed by atoms with Crippen LogP contribution in [0.3, 0.4) is 0 Å². The van der Waals surface area contributed by atoms with Gasteiger partial charge >= 0.3 is 0 Å². The molecule has 146 valence electrons. The molecule has 4 nitrogen and oxygen atoms in total. The molecule has 1 aromatic heterocycles. The standard InChI is InChI=1S/C23H18F2N2O2/c1-26(13-15-10-11-18(24)19(25)12-15)22(28)14-27-20-8-4-2-6-16(20)23(29)17-7-3-5-9-21(17)27/h2-12H,13-14H2,1H3. The second kappa shape index (κ2) is 7.47. The van der Waals surface area contributed by atoms with Crippen molar-refractivity contribution in [3.05, 3.63) is 94.2 Å². The third-order valence-electron chi connectivity index (χ3n) is 5.00. The first kappa shape index (κ1) is 18.8. The number of para-hydroxylation sites is 2. The van der Waals surface area contributed by atoms with Crippen LogP contribution in [0.15, 0.2) is 71.5 Å². The first-order valence-electron chi connectivity index (χ1n) is 9.14. The van der Waals surface area contributed by atoms with Gasteiger partial charge in [0, 0.05) is 24.4 Å². The lowest BCUT2D eigenvalue weighted by molar-refractivity contribution is -0.130. The van der Waals surface area contributed by atoms with Crippen molar-refractivity contribution in [2.75, 3.05) is 7.05 Å². The topological polar surface area (TPSA) is 42.3 Å². The molecule has 0 aliphatic heterocycles. The Bertz CT molecular complexity index is 1240. The maximum Gasteiger partial charge on any atom is 0.242 e. The van der Waals surface area contributed by atoms with E-state index in [1.54, 1.807) is 31.3 Å². The molecule has 1 amide bonds. The van der Waals surface area contributed by atoms with Crippen LogP contribution in [0, 0.1) is 11.6 Å². The van der Waals surface area contributed by atoms with E-state index >= 15 is 0 Å². The molecule has 4 rings (SSSR count). The van der Waals surface area contributed by atoms with Gasteiger partial charge in [0.25, 0.3) is 0 Å². The van der Waals surface area contributed by atoms with Crippen LogP contribution in [0.25, 0.3) is 21.8 Å². The van der Waals surface area contributed by atoms with Gasteiger partial charge in [-0.25, -0.2) is 8.78 Å². The molecule has 0 fully saturated rings. The molecule has 6 heteroatoms. The van der Waals surface area contributed by atoms with Crippen molar-refractivity contribution in [1.29, 1.82) is 0 Å². The number of carbonyl (C=O) groups is 1. The van der Waals surface area contributed by atoms with Crippen LogP contribution in [-0.2, 0) is 17.9 Å². The summed E-state index contributed by atoms with van der Waals surface area (Å²) >= 11 is 0. The third kappa shape index (κ3) is 3.49. The number of benzene rings is 3. The largest absolute Gasteiger partial charge is 0.340 e. The number of likely N-dealkylation sites (N-methyl/N-ethyl adjacent to an activating group) is 1. The normalized spacial score (nSPS) is 11.1. The van der Waals surface area contributed by atoms with E-state index in [1.165, 1.54) is 11.0 Å². The fourth-order valence-corrected chi connectivity index (χ4v) is 3.50. The van der Waals surface area contributed by atoms with E-state index in [-0.39, 0.29) is 24.4 Å². The number of fused-ring (bicyclic) bond motifs is 2. The number of hydrogen-bond donors (Lipinski definition) is 0. The van der Waals surface area contributed by atoms with Gasteiger partial charge in [-0.15, -0.1) is 0 Å². The number of aromatic nitrogens is 1. The maximum absolute atomic E-state index is 13.5. The summed E-state index contributed by atoms with van der Waals surface area (Å²) in [4.78, 5) is 27.1. The summed E-state index contributed by atoms with van der Waals surface area (Å²) in [5, 5.41) is 1.09. The van der Waals surface area contributed by atoms with Crippen LogP contribution in [-0.4, -0.2) is 22.4 Å². The van der Waals surface area contributed by atoms with Gasteiger partial charge in [-0.05, 0) is 42.0 Å². The monoisotopic (exact) mass is 392 g/mol. The fourth-order valence-electron chi connectivity index (χ4n) is 3.50. The summed E-state index contributed by atoms with van der Waals surface area (Å²) in [6.45, 7) is 0.160. The van der Waals surface area contributed by atoms with E-state index < -0.39 is 11.6 Å². The Hall–Kier alpha value is -3.54. The molecule has 0 aliphatic rings. The van der Waals surface area contributed by atoms with Crippen molar-refractivity contribution in [2.45, 2.75) is 13.1 Å². The molecule has 29 heavy (non-hydrogen) atoms. The minimum atomic E-state index is -0.944. The Kier molecular flexibility index (Phi) is 4.84. The molecule has 0 bridgehead atoms. The van der Waals surface area contributed by atoms with Gasteiger partial charge in [-0.2, -0.15) is 0 Å². The smallest absolute Gasteiger partial charge is 0.242 e. The number of carbonyl (C=O) groups excluding carboxylic acids is 1. The number of pyridine rings is 1. The summed E-state index contributed by atoms with van der Waals surface area (Å²) < 4.78 is 28.4. The van der Waals surface area contributed by atoms with E-state index in [1.807, 2.05) is 28.8 Å².